The van der Waals surface area contributed by atoms with Crippen LogP contribution < -0.4 is 15.0 Å². The second-order valence-corrected chi connectivity index (χ2v) is 7.12. The zero-order valence-corrected chi connectivity index (χ0v) is 16.0. The normalized spacial score (nSPS) is 11.5. The number of fused-ring (bicyclic) bond motifs is 1. The Balaban J connectivity index is 2.93. The van der Waals surface area contributed by atoms with Crippen molar-refractivity contribution in [3.63, 3.8) is 0 Å². The van der Waals surface area contributed by atoms with Crippen LogP contribution in [0.1, 0.15) is 38.2 Å². The molecule has 1 aromatic heterocycles. The van der Waals surface area contributed by atoms with Gasteiger partial charge in [0.15, 0.2) is 22.9 Å². The third-order valence-electron chi connectivity index (χ3n) is 3.85. The van der Waals surface area contributed by atoms with Gasteiger partial charge in [0.05, 0.1) is 26.2 Å². The highest BCUT2D eigenvalue weighted by molar-refractivity contribution is 6.00. The van der Waals surface area contributed by atoms with Crippen LogP contribution in [0.2, 0.25) is 0 Å². The lowest BCUT2D eigenvalue weighted by Crippen LogP contribution is -2.32. The number of aromatic nitrogens is 1. The zero-order valence-electron chi connectivity index (χ0n) is 16.0. The van der Waals surface area contributed by atoms with E-state index >= 15 is 0 Å². The van der Waals surface area contributed by atoms with Crippen LogP contribution in [0.25, 0.3) is 10.8 Å². The van der Waals surface area contributed by atoms with Crippen molar-refractivity contribution < 1.29 is 24.1 Å². The number of aromatic hydroxyl groups is 1. The number of carbonyl (C=O) groups is 1. The molecule has 2 rings (SSSR count). The maximum Gasteiger partial charge on any atom is 0.358 e. The van der Waals surface area contributed by atoms with Gasteiger partial charge in [-0.2, -0.15) is 0 Å². The molecule has 0 radical (unpaired) electrons. The number of nitrogens with zero attached hydrogens (tertiary/aromatic N) is 1. The second-order valence-electron chi connectivity index (χ2n) is 7.12. The summed E-state index contributed by atoms with van der Waals surface area (Å²) in [6.45, 7) is 7.83. The van der Waals surface area contributed by atoms with Gasteiger partial charge in [0, 0.05) is 11.9 Å². The molecule has 1 heterocycles. The molecular weight excluding hydrogens is 338 g/mol. The van der Waals surface area contributed by atoms with Crippen molar-refractivity contribution >= 4 is 16.7 Å². The van der Waals surface area contributed by atoms with Crippen LogP contribution in [0.15, 0.2) is 16.9 Å². The number of ether oxygens (including phenoxy) is 3. The Labute approximate surface area is 152 Å². The Morgan fingerprint density at radius 3 is 2.12 bits per heavy atom. The third kappa shape index (κ3) is 3.61. The minimum Gasteiger partial charge on any atom is -0.505 e. The average Bonchev–Trinajstić information content (AvgIpc) is 2.57. The molecule has 7 nitrogen and oxygen atoms in total. The Hall–Kier alpha value is -2.70. The molecule has 0 aliphatic heterocycles. The lowest BCUT2D eigenvalue weighted by atomic mass is 9.96. The smallest absolute Gasteiger partial charge is 0.358 e. The molecule has 0 aliphatic carbocycles. The highest BCUT2D eigenvalue weighted by atomic mass is 16.5. The molecule has 0 fully saturated rings. The molecular formula is C19H25NO6. The molecule has 2 aromatic rings. The van der Waals surface area contributed by atoms with Gasteiger partial charge in [-0.05, 0) is 24.5 Å². The molecule has 26 heavy (non-hydrogen) atoms. The summed E-state index contributed by atoms with van der Waals surface area (Å²) < 4.78 is 16.8. The first-order valence-electron chi connectivity index (χ1n) is 8.33. The molecule has 0 saturated heterocycles. The van der Waals surface area contributed by atoms with Gasteiger partial charge in [-0.15, -0.1) is 0 Å². The number of pyridine rings is 1. The van der Waals surface area contributed by atoms with Gasteiger partial charge in [0.2, 0.25) is 0 Å². The first-order chi connectivity index (χ1) is 12.1. The van der Waals surface area contributed by atoms with Crippen molar-refractivity contribution in [3.8, 4) is 17.2 Å². The molecule has 7 heteroatoms. The lowest BCUT2D eigenvalue weighted by Gasteiger charge is -2.23. The second kappa shape index (κ2) is 7.27. The Kier molecular flexibility index (Phi) is 5.49. The monoisotopic (exact) mass is 363 g/mol. The number of hydrogen-bond donors (Lipinski definition) is 1. The van der Waals surface area contributed by atoms with Crippen molar-refractivity contribution in [3.05, 3.63) is 28.2 Å². The van der Waals surface area contributed by atoms with Crippen LogP contribution in [-0.4, -0.2) is 36.5 Å². The summed E-state index contributed by atoms with van der Waals surface area (Å²) >= 11 is 0. The van der Waals surface area contributed by atoms with Crippen LogP contribution in [0.3, 0.4) is 0 Å². The van der Waals surface area contributed by atoms with Crippen LogP contribution in [0.4, 0.5) is 0 Å². The van der Waals surface area contributed by atoms with Crippen molar-refractivity contribution in [1.82, 2.24) is 4.57 Å². The summed E-state index contributed by atoms with van der Waals surface area (Å²) in [7, 11) is 2.91. The van der Waals surface area contributed by atoms with E-state index in [1.165, 1.54) is 30.9 Å². The van der Waals surface area contributed by atoms with Gasteiger partial charge in [-0.1, -0.05) is 20.8 Å². The van der Waals surface area contributed by atoms with E-state index < -0.39 is 11.5 Å². The Morgan fingerprint density at radius 2 is 1.65 bits per heavy atom. The van der Waals surface area contributed by atoms with Crippen LogP contribution in [-0.2, 0) is 11.3 Å². The minimum atomic E-state index is -0.747. The third-order valence-corrected chi connectivity index (χ3v) is 3.85. The summed E-state index contributed by atoms with van der Waals surface area (Å²) in [4.78, 5) is 25.6. The quantitative estimate of drug-likeness (QED) is 0.822. The van der Waals surface area contributed by atoms with Crippen molar-refractivity contribution in [2.45, 2.75) is 34.2 Å². The number of methoxy groups -OCH3 is 2. The molecule has 142 valence electrons. The standard InChI is InChI=1S/C19H25NO6/c1-7-26-18(23)15-16(21)11-8-13(24-5)14(25-6)9-12(11)17(22)20(15)10-19(2,3)4/h8-9,21H,7,10H2,1-6H3. The van der Waals surface area contributed by atoms with Gasteiger partial charge in [-0.25, -0.2) is 4.79 Å². The molecule has 0 unspecified atom stereocenters. The van der Waals surface area contributed by atoms with Gasteiger partial charge < -0.3 is 19.3 Å². The largest absolute Gasteiger partial charge is 0.505 e. The van der Waals surface area contributed by atoms with E-state index in [9.17, 15) is 14.7 Å². The maximum atomic E-state index is 13.1. The fourth-order valence-electron chi connectivity index (χ4n) is 2.79. The number of hydrogen-bond acceptors (Lipinski definition) is 6. The topological polar surface area (TPSA) is 87.0 Å². The molecule has 0 aliphatic rings. The van der Waals surface area contributed by atoms with E-state index in [-0.39, 0.29) is 40.8 Å². The SMILES string of the molecule is CCOC(=O)c1c(O)c2cc(OC)c(OC)cc2c(=O)n1CC(C)(C)C. The highest BCUT2D eigenvalue weighted by Gasteiger charge is 2.27. The minimum absolute atomic E-state index is 0.131. The molecule has 1 N–H and O–H groups in total. The van der Waals surface area contributed by atoms with Crippen molar-refractivity contribution in [1.29, 1.82) is 0 Å². The fraction of sp³-hybridized carbons (Fsp3) is 0.474. The van der Waals surface area contributed by atoms with Crippen LogP contribution >= 0.6 is 0 Å². The summed E-state index contributed by atoms with van der Waals surface area (Å²) in [5, 5.41) is 11.2. The number of benzene rings is 1. The molecule has 1 aromatic carbocycles. The van der Waals surface area contributed by atoms with Gasteiger partial charge >= 0.3 is 5.97 Å². The summed E-state index contributed by atoms with van der Waals surface area (Å²) in [6.07, 6.45) is 0. The molecule has 0 atom stereocenters. The molecule has 0 saturated carbocycles. The summed E-state index contributed by atoms with van der Waals surface area (Å²) in [6, 6.07) is 2.99. The summed E-state index contributed by atoms with van der Waals surface area (Å²) in [5.74, 6) is -0.355. The first kappa shape index (κ1) is 19.6. The average molecular weight is 363 g/mol. The molecule has 0 spiro atoms. The van der Waals surface area contributed by atoms with Gasteiger partial charge in [0.25, 0.3) is 5.56 Å². The summed E-state index contributed by atoms with van der Waals surface area (Å²) in [5.41, 5.74) is -0.870. The highest BCUT2D eigenvalue weighted by Crippen LogP contribution is 2.36. The van der Waals surface area contributed by atoms with Crippen LogP contribution in [0.5, 0.6) is 17.2 Å². The van der Waals surface area contributed by atoms with E-state index in [1.807, 2.05) is 20.8 Å². The predicted octanol–water partition coefficient (Wildman–Crippen LogP) is 2.95. The molecule has 0 amide bonds. The van der Waals surface area contributed by atoms with E-state index in [0.717, 1.165) is 0 Å². The van der Waals surface area contributed by atoms with E-state index in [0.29, 0.717) is 11.5 Å². The fourth-order valence-corrected chi connectivity index (χ4v) is 2.79. The Bertz CT molecular complexity index is 892. The number of esters is 1. The zero-order chi connectivity index (χ0) is 19.6. The van der Waals surface area contributed by atoms with Gasteiger partial charge in [-0.3, -0.25) is 9.36 Å². The van der Waals surface area contributed by atoms with E-state index in [2.05, 4.69) is 0 Å². The number of rotatable bonds is 5. The first-order valence-corrected chi connectivity index (χ1v) is 8.33. The van der Waals surface area contributed by atoms with Crippen LogP contribution in [0, 0.1) is 5.41 Å². The van der Waals surface area contributed by atoms with E-state index in [4.69, 9.17) is 14.2 Å². The molecule has 0 bridgehead atoms. The van der Waals surface area contributed by atoms with Crippen molar-refractivity contribution in [2.75, 3.05) is 20.8 Å². The Morgan fingerprint density at radius 1 is 1.12 bits per heavy atom. The predicted molar refractivity (Wildman–Crippen MR) is 98.4 cm³/mol. The van der Waals surface area contributed by atoms with E-state index in [1.54, 1.807) is 6.92 Å². The number of carbonyl (C=O) groups excluding carboxylic acids is 1. The maximum absolute atomic E-state index is 13.1. The van der Waals surface area contributed by atoms with Crippen molar-refractivity contribution in [2.24, 2.45) is 5.41 Å². The lowest BCUT2D eigenvalue weighted by molar-refractivity contribution is 0.0505. The van der Waals surface area contributed by atoms with Gasteiger partial charge in [0.1, 0.15) is 0 Å².